The highest BCUT2D eigenvalue weighted by atomic mass is 19.4. The number of ether oxygens (including phenoxy) is 2. The van der Waals surface area contributed by atoms with Gasteiger partial charge in [-0.2, -0.15) is 13.2 Å². The first kappa shape index (κ1) is 17.1. The molecular formula is C14H17F3O4. The number of rotatable bonds is 5. The zero-order valence-corrected chi connectivity index (χ0v) is 12.2. The summed E-state index contributed by atoms with van der Waals surface area (Å²) in [4.78, 5) is 10.9. The zero-order chi connectivity index (χ0) is 16.4. The maximum absolute atomic E-state index is 13.0. The van der Waals surface area contributed by atoms with Gasteiger partial charge in [0.15, 0.2) is 11.5 Å². The van der Waals surface area contributed by atoms with Crippen LogP contribution in [0.3, 0.4) is 0 Å². The SMILES string of the molecule is COc1c(C(F)(F)F)ccc(C(C)(C)CC(=O)O)c1OC. The number of alkyl halides is 3. The normalized spacial score (nSPS) is 12.1. The lowest BCUT2D eigenvalue weighted by molar-refractivity contribution is -0.139. The van der Waals surface area contributed by atoms with Gasteiger partial charge >= 0.3 is 12.1 Å². The van der Waals surface area contributed by atoms with E-state index in [9.17, 15) is 18.0 Å². The van der Waals surface area contributed by atoms with Crippen LogP contribution < -0.4 is 9.47 Å². The molecule has 7 heteroatoms. The quantitative estimate of drug-likeness (QED) is 0.905. The number of halogens is 3. The van der Waals surface area contributed by atoms with Crippen LogP contribution in [-0.2, 0) is 16.4 Å². The van der Waals surface area contributed by atoms with Gasteiger partial charge in [0.05, 0.1) is 20.6 Å². The van der Waals surface area contributed by atoms with Crippen LogP contribution in [0, 0.1) is 0 Å². The molecule has 0 spiro atoms. The predicted molar refractivity (Wildman–Crippen MR) is 69.8 cm³/mol. The lowest BCUT2D eigenvalue weighted by Crippen LogP contribution is -2.23. The first-order valence-corrected chi connectivity index (χ1v) is 6.09. The van der Waals surface area contributed by atoms with Gasteiger partial charge in [0.2, 0.25) is 0 Å². The Kier molecular flexibility index (Phi) is 4.76. The number of carboxylic acids is 1. The van der Waals surface area contributed by atoms with Gasteiger partial charge in [-0.1, -0.05) is 19.9 Å². The zero-order valence-electron chi connectivity index (χ0n) is 12.2. The van der Waals surface area contributed by atoms with Crippen LogP contribution in [0.2, 0.25) is 0 Å². The summed E-state index contributed by atoms with van der Waals surface area (Å²) >= 11 is 0. The Morgan fingerprint density at radius 2 is 1.52 bits per heavy atom. The van der Waals surface area contributed by atoms with Crippen LogP contribution in [0.4, 0.5) is 13.2 Å². The molecule has 1 aromatic rings. The van der Waals surface area contributed by atoms with Crippen molar-refractivity contribution >= 4 is 5.97 Å². The molecular weight excluding hydrogens is 289 g/mol. The summed E-state index contributed by atoms with van der Waals surface area (Å²) in [7, 11) is 2.33. The van der Waals surface area contributed by atoms with E-state index in [0.717, 1.165) is 13.2 Å². The molecule has 1 N–H and O–H groups in total. The standard InChI is InChI=1S/C14H17F3O4/c1-13(2,7-10(18)19)8-5-6-9(14(15,16)17)12(21-4)11(8)20-3/h5-6H,7H2,1-4H3,(H,18,19). The summed E-state index contributed by atoms with van der Waals surface area (Å²) < 4.78 is 48.8. The van der Waals surface area contributed by atoms with Crippen LogP contribution in [0.25, 0.3) is 0 Å². The van der Waals surface area contributed by atoms with E-state index in [1.807, 2.05) is 0 Å². The van der Waals surface area contributed by atoms with Gasteiger partial charge in [0.1, 0.15) is 5.56 Å². The third kappa shape index (κ3) is 3.59. The third-order valence-corrected chi connectivity index (χ3v) is 3.15. The second-order valence-corrected chi connectivity index (χ2v) is 5.18. The summed E-state index contributed by atoms with van der Waals surface area (Å²) in [6.45, 7) is 3.23. The molecule has 21 heavy (non-hydrogen) atoms. The minimum atomic E-state index is -4.59. The molecule has 0 saturated heterocycles. The molecule has 1 aromatic carbocycles. The van der Waals surface area contributed by atoms with Gasteiger partial charge < -0.3 is 14.6 Å². The van der Waals surface area contributed by atoms with E-state index in [1.165, 1.54) is 13.2 Å². The molecule has 0 aliphatic rings. The number of aliphatic carboxylic acids is 1. The van der Waals surface area contributed by atoms with Crippen molar-refractivity contribution in [1.82, 2.24) is 0 Å². The van der Waals surface area contributed by atoms with Gasteiger partial charge in [-0.25, -0.2) is 0 Å². The van der Waals surface area contributed by atoms with Crippen molar-refractivity contribution in [2.24, 2.45) is 0 Å². The number of methoxy groups -OCH3 is 2. The smallest absolute Gasteiger partial charge is 0.420 e. The Morgan fingerprint density at radius 1 is 1.10 bits per heavy atom. The molecule has 4 nitrogen and oxygen atoms in total. The van der Waals surface area contributed by atoms with Crippen LogP contribution in [0.1, 0.15) is 31.4 Å². The Balaban J connectivity index is 3.53. The van der Waals surface area contributed by atoms with Crippen molar-refractivity contribution < 1.29 is 32.5 Å². The molecule has 0 aromatic heterocycles. The largest absolute Gasteiger partial charge is 0.493 e. The molecule has 0 heterocycles. The van der Waals surface area contributed by atoms with E-state index >= 15 is 0 Å². The van der Waals surface area contributed by atoms with E-state index in [-0.39, 0.29) is 12.2 Å². The van der Waals surface area contributed by atoms with Crippen LogP contribution in [0.5, 0.6) is 11.5 Å². The highest BCUT2D eigenvalue weighted by Crippen LogP contribution is 2.47. The van der Waals surface area contributed by atoms with Crippen molar-refractivity contribution in [1.29, 1.82) is 0 Å². The minimum Gasteiger partial charge on any atom is -0.493 e. The van der Waals surface area contributed by atoms with Gasteiger partial charge in [0.25, 0.3) is 0 Å². The van der Waals surface area contributed by atoms with E-state index in [4.69, 9.17) is 14.6 Å². The maximum atomic E-state index is 13.0. The third-order valence-electron chi connectivity index (χ3n) is 3.15. The number of hydrogen-bond donors (Lipinski definition) is 1. The van der Waals surface area contributed by atoms with Crippen molar-refractivity contribution in [3.63, 3.8) is 0 Å². The average Bonchev–Trinajstić information content (AvgIpc) is 2.33. The fourth-order valence-corrected chi connectivity index (χ4v) is 2.20. The number of carbonyl (C=O) groups is 1. The van der Waals surface area contributed by atoms with Crippen LogP contribution in [0.15, 0.2) is 12.1 Å². The van der Waals surface area contributed by atoms with Crippen molar-refractivity contribution in [3.05, 3.63) is 23.3 Å². The summed E-state index contributed by atoms with van der Waals surface area (Å²) in [5.74, 6) is -1.60. The first-order chi connectivity index (χ1) is 9.54. The van der Waals surface area contributed by atoms with E-state index < -0.39 is 28.9 Å². The summed E-state index contributed by atoms with van der Waals surface area (Å²) in [6.07, 6.45) is -4.84. The van der Waals surface area contributed by atoms with Crippen molar-refractivity contribution in [3.8, 4) is 11.5 Å². The summed E-state index contributed by atoms with van der Waals surface area (Å²) in [5.41, 5.74) is -1.52. The number of benzene rings is 1. The number of hydrogen-bond acceptors (Lipinski definition) is 3. The molecule has 1 rings (SSSR count). The Morgan fingerprint density at radius 3 is 1.90 bits per heavy atom. The molecule has 0 amide bonds. The number of carboxylic acid groups (broad SMARTS) is 1. The topological polar surface area (TPSA) is 55.8 Å². The first-order valence-electron chi connectivity index (χ1n) is 6.09. The molecule has 0 saturated carbocycles. The Hall–Kier alpha value is -1.92. The van der Waals surface area contributed by atoms with Gasteiger partial charge in [-0.15, -0.1) is 0 Å². The highest BCUT2D eigenvalue weighted by molar-refractivity contribution is 5.70. The summed E-state index contributed by atoms with van der Waals surface area (Å²) in [5, 5.41) is 8.93. The van der Waals surface area contributed by atoms with Crippen molar-refractivity contribution in [2.45, 2.75) is 31.9 Å². The lowest BCUT2D eigenvalue weighted by atomic mass is 9.80. The molecule has 0 bridgehead atoms. The van der Waals surface area contributed by atoms with E-state index in [2.05, 4.69) is 0 Å². The Bertz CT molecular complexity index is 536. The molecule has 0 radical (unpaired) electrons. The second kappa shape index (κ2) is 5.83. The van der Waals surface area contributed by atoms with Crippen molar-refractivity contribution in [2.75, 3.05) is 14.2 Å². The molecule has 0 atom stereocenters. The molecule has 118 valence electrons. The van der Waals surface area contributed by atoms with E-state index in [1.54, 1.807) is 13.8 Å². The monoisotopic (exact) mass is 306 g/mol. The molecule has 0 aliphatic carbocycles. The van der Waals surface area contributed by atoms with Gasteiger partial charge in [-0.05, 0) is 6.07 Å². The minimum absolute atomic E-state index is 0.0985. The van der Waals surface area contributed by atoms with Gasteiger partial charge in [-0.3, -0.25) is 4.79 Å². The fourth-order valence-electron chi connectivity index (χ4n) is 2.20. The predicted octanol–water partition coefficient (Wildman–Crippen LogP) is 3.47. The summed E-state index contributed by atoms with van der Waals surface area (Å²) in [6, 6.07) is 2.10. The second-order valence-electron chi connectivity index (χ2n) is 5.18. The average molecular weight is 306 g/mol. The fraction of sp³-hybridized carbons (Fsp3) is 0.500. The molecule has 0 fully saturated rings. The molecule has 0 aliphatic heterocycles. The lowest BCUT2D eigenvalue weighted by Gasteiger charge is -2.27. The van der Waals surface area contributed by atoms with Crippen LogP contribution in [-0.4, -0.2) is 25.3 Å². The Labute approximate surface area is 120 Å². The maximum Gasteiger partial charge on any atom is 0.420 e. The van der Waals surface area contributed by atoms with Gasteiger partial charge in [0, 0.05) is 11.0 Å². The molecule has 0 unspecified atom stereocenters. The van der Waals surface area contributed by atoms with E-state index in [0.29, 0.717) is 5.56 Å². The van der Waals surface area contributed by atoms with Crippen LogP contribution >= 0.6 is 0 Å². The highest BCUT2D eigenvalue weighted by Gasteiger charge is 2.38.